The van der Waals surface area contributed by atoms with Gasteiger partial charge in [-0.15, -0.1) is 0 Å². The average molecular weight is 691 g/mol. The zero-order chi connectivity index (χ0) is 36.0. The summed E-state index contributed by atoms with van der Waals surface area (Å²) in [6.45, 7) is 9.90. The van der Waals surface area contributed by atoms with E-state index < -0.39 is 53.9 Å². The van der Waals surface area contributed by atoms with Crippen LogP contribution in [0.25, 0.3) is 0 Å². The predicted octanol–water partition coefficient (Wildman–Crippen LogP) is 4.30. The van der Waals surface area contributed by atoms with Crippen LogP contribution in [-0.4, -0.2) is 94.3 Å². The number of Topliss-reactive ketones (excluding diaryl/α,β-unsaturated/α-hetero) is 1. The Kier molecular flexibility index (Phi) is 12.6. The van der Waals surface area contributed by atoms with Gasteiger partial charge in [0.1, 0.15) is 17.6 Å². The minimum atomic E-state index is -3.69. The quantitative estimate of drug-likeness (QED) is 0.318. The van der Waals surface area contributed by atoms with Gasteiger partial charge < -0.3 is 20.4 Å². The Bertz CT molecular complexity index is 1490. The molecule has 1 saturated carbocycles. The minimum absolute atomic E-state index is 0.00733. The van der Waals surface area contributed by atoms with Gasteiger partial charge in [-0.25, -0.2) is 9.02 Å². The van der Waals surface area contributed by atoms with Crippen LogP contribution in [-0.2, 0) is 27.2 Å². The Labute approximate surface area is 285 Å². The predicted molar refractivity (Wildman–Crippen MR) is 175 cm³/mol. The molecule has 0 spiro atoms. The summed E-state index contributed by atoms with van der Waals surface area (Å²) in [6.07, 6.45) is 2.59. The molecular formula is C35H49F3N6O5. The zero-order valence-corrected chi connectivity index (χ0v) is 29.2. The number of nitrogens with one attached hydrogen (secondary N) is 2. The van der Waals surface area contributed by atoms with Crippen molar-refractivity contribution < 1.29 is 37.0 Å². The number of carbonyl (C=O) groups excluding carboxylic acids is 4. The Morgan fingerprint density at radius 2 is 1.73 bits per heavy atom. The number of halogens is 3. The van der Waals surface area contributed by atoms with Crippen molar-refractivity contribution in [2.24, 2.45) is 11.8 Å². The standard InChI is InChI=1S/C35H49F3N6O5/c1-7-27-31(42-49-41-27)32(46)39-30(23-11-9-20(3)10-12-23)28(45)18-25-14-13-24(17-26(25)36)22(5)29(40-34(48)35(37,38)8-2)33(47)44-16-15-43(6)21(4)19-44/h13-14,17,20-23,29-30H,7-12,15-16,18-19H2,1-6H3,(H,39,46)(H,40,48)/t20?,21-,22+,23?,29-,30+/m1/s1. The van der Waals surface area contributed by atoms with E-state index >= 15 is 4.39 Å². The molecule has 1 aromatic carbocycles. The Morgan fingerprint density at radius 3 is 2.35 bits per heavy atom. The smallest absolute Gasteiger partial charge is 0.324 e. The molecule has 1 aliphatic heterocycles. The molecule has 1 aromatic heterocycles. The number of aromatic nitrogens is 2. The molecular weight excluding hydrogens is 641 g/mol. The summed E-state index contributed by atoms with van der Waals surface area (Å²) in [5.41, 5.74) is 0.753. The first-order valence-corrected chi connectivity index (χ1v) is 17.3. The van der Waals surface area contributed by atoms with E-state index in [0.29, 0.717) is 43.2 Å². The third-order valence-corrected chi connectivity index (χ3v) is 10.3. The molecule has 1 aliphatic carbocycles. The third-order valence-electron chi connectivity index (χ3n) is 10.3. The lowest BCUT2D eigenvalue weighted by Crippen LogP contribution is -2.59. The maximum absolute atomic E-state index is 15.8. The van der Waals surface area contributed by atoms with Crippen LogP contribution in [0.5, 0.6) is 0 Å². The second-order valence-electron chi connectivity index (χ2n) is 13.8. The molecule has 0 unspecified atom stereocenters. The highest BCUT2D eigenvalue weighted by atomic mass is 19.3. The SMILES string of the molecule is CCc1nonc1C(=O)N[C@H](C(=O)Cc1ccc([C@H](C)[C@@H](NC(=O)C(F)(F)CC)C(=O)N2CCN(C)[C@H](C)C2)cc1F)C1CCC(C)CC1. The lowest BCUT2D eigenvalue weighted by Gasteiger charge is -2.40. The van der Waals surface area contributed by atoms with Gasteiger partial charge in [-0.3, -0.25) is 19.2 Å². The monoisotopic (exact) mass is 690 g/mol. The van der Waals surface area contributed by atoms with Crippen LogP contribution in [0.15, 0.2) is 22.8 Å². The number of aryl methyl sites for hydroxylation is 1. The maximum Gasteiger partial charge on any atom is 0.324 e. The van der Waals surface area contributed by atoms with Crippen molar-refractivity contribution in [3.05, 3.63) is 46.5 Å². The van der Waals surface area contributed by atoms with Gasteiger partial charge in [-0.05, 0) is 67.4 Å². The molecule has 4 atom stereocenters. The second-order valence-corrected chi connectivity index (χ2v) is 13.8. The zero-order valence-electron chi connectivity index (χ0n) is 29.2. The number of nitrogens with zero attached hydrogens (tertiary/aromatic N) is 4. The van der Waals surface area contributed by atoms with Crippen molar-refractivity contribution in [1.82, 2.24) is 30.7 Å². The summed E-state index contributed by atoms with van der Waals surface area (Å²) in [6, 6.07) is 1.90. The molecule has 2 N–H and O–H groups in total. The van der Waals surface area contributed by atoms with Crippen molar-refractivity contribution >= 4 is 23.5 Å². The summed E-state index contributed by atoms with van der Waals surface area (Å²) in [5, 5.41) is 12.6. The summed E-state index contributed by atoms with van der Waals surface area (Å²) < 4.78 is 49.2. The molecule has 14 heteroatoms. The van der Waals surface area contributed by atoms with Crippen molar-refractivity contribution in [2.75, 3.05) is 26.7 Å². The Balaban J connectivity index is 1.56. The van der Waals surface area contributed by atoms with Gasteiger partial charge in [0, 0.05) is 44.4 Å². The number of hydrogen-bond acceptors (Lipinski definition) is 8. The number of hydrogen-bond donors (Lipinski definition) is 2. The van der Waals surface area contributed by atoms with Crippen molar-refractivity contribution in [3.8, 4) is 0 Å². The summed E-state index contributed by atoms with van der Waals surface area (Å²) in [4.78, 5) is 56.9. The van der Waals surface area contributed by atoms with E-state index in [1.807, 2.05) is 14.0 Å². The molecule has 2 fully saturated rings. The first kappa shape index (κ1) is 38.0. The van der Waals surface area contributed by atoms with Gasteiger partial charge in [-0.1, -0.05) is 57.8 Å². The first-order valence-electron chi connectivity index (χ1n) is 17.3. The van der Waals surface area contributed by atoms with Gasteiger partial charge in [-0.2, -0.15) is 8.78 Å². The summed E-state index contributed by atoms with van der Waals surface area (Å²) >= 11 is 0. The molecule has 1 saturated heterocycles. The van der Waals surface area contributed by atoms with Crippen LogP contribution < -0.4 is 10.6 Å². The molecule has 4 rings (SSSR count). The molecule has 2 aliphatic rings. The van der Waals surface area contributed by atoms with Crippen LogP contribution in [0.1, 0.15) is 99.9 Å². The normalized spacial score (nSPS) is 22.2. The van der Waals surface area contributed by atoms with E-state index in [1.165, 1.54) is 25.1 Å². The molecule has 0 radical (unpaired) electrons. The van der Waals surface area contributed by atoms with E-state index in [9.17, 15) is 28.0 Å². The lowest BCUT2D eigenvalue weighted by atomic mass is 9.77. The highest BCUT2D eigenvalue weighted by Gasteiger charge is 2.42. The summed E-state index contributed by atoms with van der Waals surface area (Å²) in [7, 11) is 1.92. The third kappa shape index (κ3) is 9.06. The first-order chi connectivity index (χ1) is 23.2. The maximum atomic E-state index is 15.8. The highest BCUT2D eigenvalue weighted by Crippen LogP contribution is 2.32. The van der Waals surface area contributed by atoms with E-state index in [4.69, 9.17) is 4.63 Å². The van der Waals surface area contributed by atoms with Gasteiger partial charge in [0.2, 0.25) is 5.91 Å². The molecule has 2 aromatic rings. The average Bonchev–Trinajstić information content (AvgIpc) is 3.57. The minimum Gasteiger partial charge on any atom is -0.340 e. The van der Waals surface area contributed by atoms with Crippen molar-refractivity contribution in [3.63, 3.8) is 0 Å². The molecule has 11 nitrogen and oxygen atoms in total. The van der Waals surface area contributed by atoms with Crippen LogP contribution in [0, 0.1) is 17.7 Å². The Morgan fingerprint density at radius 1 is 1.04 bits per heavy atom. The highest BCUT2D eigenvalue weighted by molar-refractivity contribution is 5.97. The van der Waals surface area contributed by atoms with E-state index in [1.54, 1.807) is 18.7 Å². The van der Waals surface area contributed by atoms with Crippen LogP contribution in [0.3, 0.4) is 0 Å². The molecule has 270 valence electrons. The number of rotatable bonds is 13. The molecule has 0 bridgehead atoms. The van der Waals surface area contributed by atoms with Crippen LogP contribution in [0.4, 0.5) is 13.2 Å². The number of alkyl halides is 2. The fourth-order valence-corrected chi connectivity index (χ4v) is 6.63. The molecule has 3 amide bonds. The molecule has 2 heterocycles. The van der Waals surface area contributed by atoms with Crippen molar-refractivity contribution in [2.45, 2.75) is 110 Å². The largest absolute Gasteiger partial charge is 0.340 e. The van der Waals surface area contributed by atoms with Crippen molar-refractivity contribution in [1.29, 1.82) is 0 Å². The molecule has 49 heavy (non-hydrogen) atoms. The number of piperazine rings is 1. The van der Waals surface area contributed by atoms with Gasteiger partial charge in [0.05, 0.1) is 6.04 Å². The summed E-state index contributed by atoms with van der Waals surface area (Å²) in [5.74, 6) is -7.98. The lowest BCUT2D eigenvalue weighted by molar-refractivity contribution is -0.150. The number of likely N-dealkylation sites (N-methyl/N-ethyl adjacent to an activating group) is 1. The van der Waals surface area contributed by atoms with Gasteiger partial charge in [0.15, 0.2) is 11.5 Å². The topological polar surface area (TPSA) is 138 Å². The van der Waals surface area contributed by atoms with Gasteiger partial charge in [0.25, 0.3) is 11.8 Å². The van der Waals surface area contributed by atoms with E-state index in [0.717, 1.165) is 25.7 Å². The number of benzene rings is 1. The number of carbonyl (C=O) groups is 4. The fraction of sp³-hybridized carbons (Fsp3) is 0.657. The van der Waals surface area contributed by atoms with Crippen LogP contribution >= 0.6 is 0 Å². The second kappa shape index (κ2) is 16.3. The van der Waals surface area contributed by atoms with E-state index in [2.05, 4.69) is 32.8 Å². The van der Waals surface area contributed by atoms with Crippen LogP contribution in [0.2, 0.25) is 0 Å². The Hall–Kier alpha value is -3.81. The number of ketones is 1. The van der Waals surface area contributed by atoms with E-state index in [-0.39, 0.29) is 35.4 Å². The number of amides is 3. The van der Waals surface area contributed by atoms with Gasteiger partial charge >= 0.3 is 5.92 Å². The fourth-order valence-electron chi connectivity index (χ4n) is 6.63.